The second kappa shape index (κ2) is 11.3. The molecule has 0 saturated carbocycles. The minimum absolute atomic E-state index is 0.00871. The van der Waals surface area contributed by atoms with Crippen LogP contribution in [0.2, 0.25) is 0 Å². The molecule has 11 heteroatoms. The van der Waals surface area contributed by atoms with Gasteiger partial charge < -0.3 is 14.2 Å². The summed E-state index contributed by atoms with van der Waals surface area (Å²) in [6.45, 7) is 0. The molecule has 0 bridgehead atoms. The highest BCUT2D eigenvalue weighted by molar-refractivity contribution is 7.92. The van der Waals surface area contributed by atoms with E-state index in [1.165, 1.54) is 26.6 Å². The van der Waals surface area contributed by atoms with Gasteiger partial charge in [0.1, 0.15) is 0 Å². The monoisotopic (exact) mass is 543 g/mol. The van der Waals surface area contributed by atoms with Crippen LogP contribution in [-0.4, -0.2) is 48.3 Å². The molecule has 0 unspecified atom stereocenters. The molecular weight excluding hydrogens is 518 g/mol. The van der Waals surface area contributed by atoms with Crippen molar-refractivity contribution in [3.05, 3.63) is 90.8 Å². The number of aryl methyl sites for hydroxylation is 1. The zero-order valence-corrected chi connectivity index (χ0v) is 22.1. The van der Waals surface area contributed by atoms with Crippen LogP contribution in [0.4, 0.5) is 5.82 Å². The van der Waals surface area contributed by atoms with Crippen molar-refractivity contribution in [3.8, 4) is 34.8 Å². The van der Waals surface area contributed by atoms with Gasteiger partial charge in [0.05, 0.1) is 20.0 Å². The van der Waals surface area contributed by atoms with E-state index in [2.05, 4.69) is 24.7 Å². The third kappa shape index (κ3) is 6.04. The molecular formula is C28H25N5O5S. The van der Waals surface area contributed by atoms with Crippen LogP contribution in [-0.2, 0) is 16.4 Å². The largest absolute Gasteiger partial charge is 0.493 e. The number of fused-ring (bicyclic) bond motifs is 1. The first-order chi connectivity index (χ1) is 19.0. The number of aromatic nitrogens is 4. The number of anilines is 1. The summed E-state index contributed by atoms with van der Waals surface area (Å²) in [5, 5.41) is 2.13. The Balaban J connectivity index is 1.49. The quantitative estimate of drug-likeness (QED) is 0.262. The molecule has 0 aliphatic heterocycles. The molecule has 10 nitrogen and oxygen atoms in total. The van der Waals surface area contributed by atoms with E-state index in [4.69, 9.17) is 14.2 Å². The molecule has 0 atom stereocenters. The number of ether oxygens (including phenoxy) is 3. The van der Waals surface area contributed by atoms with Crippen LogP contribution in [0.1, 0.15) is 5.56 Å². The summed E-state index contributed by atoms with van der Waals surface area (Å²) in [4.78, 5) is 17.1. The maximum absolute atomic E-state index is 13.3. The Morgan fingerprint density at radius 2 is 1.49 bits per heavy atom. The van der Waals surface area contributed by atoms with Crippen LogP contribution in [0.5, 0.6) is 23.1 Å². The third-order valence-corrected chi connectivity index (χ3v) is 7.05. The molecule has 5 aromatic rings. The zero-order chi connectivity index (χ0) is 27.2. The molecule has 0 fully saturated rings. The number of sulfonamides is 1. The molecule has 0 radical (unpaired) electrons. The summed E-state index contributed by atoms with van der Waals surface area (Å²) < 4.78 is 46.0. The van der Waals surface area contributed by atoms with Crippen LogP contribution in [0.25, 0.3) is 22.4 Å². The van der Waals surface area contributed by atoms with E-state index in [1.807, 2.05) is 42.5 Å². The second-order valence-corrected chi connectivity index (χ2v) is 10.3. The van der Waals surface area contributed by atoms with Gasteiger partial charge in [0, 0.05) is 12.4 Å². The average Bonchev–Trinajstić information content (AvgIpc) is 2.97. The Morgan fingerprint density at radius 3 is 2.23 bits per heavy atom. The second-order valence-electron chi connectivity index (χ2n) is 8.41. The minimum Gasteiger partial charge on any atom is -0.493 e. The molecule has 39 heavy (non-hydrogen) atoms. The Labute approximate surface area is 225 Å². The molecule has 2 aromatic heterocycles. The predicted octanol–water partition coefficient (Wildman–Crippen LogP) is 4.88. The summed E-state index contributed by atoms with van der Waals surface area (Å²) >= 11 is 0. The summed E-state index contributed by atoms with van der Waals surface area (Å²) in [5.74, 6) is 0.657. The molecule has 0 spiro atoms. The van der Waals surface area contributed by atoms with Gasteiger partial charge in [-0.05, 0) is 41.0 Å². The van der Waals surface area contributed by atoms with E-state index in [9.17, 15) is 8.42 Å². The number of nitrogens with zero attached hydrogens (tertiary/aromatic N) is 4. The van der Waals surface area contributed by atoms with Crippen molar-refractivity contribution in [1.29, 1.82) is 0 Å². The molecule has 1 N–H and O–H groups in total. The zero-order valence-electron chi connectivity index (χ0n) is 21.2. The SMILES string of the molecule is COc1ccccc1Oc1c(NS(=O)(=O)CCc2ccc3ccccc3c2)nc(-c2ncccn2)nc1OC. The van der Waals surface area contributed by atoms with Gasteiger partial charge in [-0.15, -0.1) is 0 Å². The summed E-state index contributed by atoms with van der Waals surface area (Å²) in [6.07, 6.45) is 3.36. The number of hydrogen-bond acceptors (Lipinski definition) is 9. The molecule has 198 valence electrons. The first-order valence-corrected chi connectivity index (χ1v) is 13.6. The van der Waals surface area contributed by atoms with Crippen LogP contribution in [0.15, 0.2) is 85.2 Å². The highest BCUT2D eigenvalue weighted by atomic mass is 32.2. The van der Waals surface area contributed by atoms with Crippen molar-refractivity contribution in [1.82, 2.24) is 19.9 Å². The fourth-order valence-corrected chi connectivity index (χ4v) is 4.94. The number of nitrogens with one attached hydrogen (secondary N) is 1. The average molecular weight is 544 g/mol. The Morgan fingerprint density at radius 1 is 0.769 bits per heavy atom. The Kier molecular flexibility index (Phi) is 7.50. The van der Waals surface area contributed by atoms with Gasteiger partial charge >= 0.3 is 0 Å². The van der Waals surface area contributed by atoms with Gasteiger partial charge in [-0.3, -0.25) is 4.72 Å². The van der Waals surface area contributed by atoms with Gasteiger partial charge in [-0.2, -0.15) is 4.98 Å². The van der Waals surface area contributed by atoms with Gasteiger partial charge in [0.25, 0.3) is 5.88 Å². The molecule has 3 aromatic carbocycles. The van der Waals surface area contributed by atoms with Crippen LogP contribution < -0.4 is 18.9 Å². The predicted molar refractivity (Wildman–Crippen MR) is 148 cm³/mol. The number of rotatable bonds is 10. The van der Waals surface area contributed by atoms with Crippen molar-refractivity contribution in [2.24, 2.45) is 0 Å². The maximum Gasteiger partial charge on any atom is 0.263 e. The van der Waals surface area contributed by atoms with Crippen LogP contribution in [0.3, 0.4) is 0 Å². The molecule has 0 saturated heterocycles. The summed E-state index contributed by atoms with van der Waals surface area (Å²) in [6, 6.07) is 22.4. The van der Waals surface area contributed by atoms with Crippen molar-refractivity contribution < 1.29 is 22.6 Å². The first-order valence-electron chi connectivity index (χ1n) is 12.0. The van der Waals surface area contributed by atoms with Gasteiger partial charge in [-0.25, -0.2) is 23.4 Å². The first kappa shape index (κ1) is 25.9. The maximum atomic E-state index is 13.3. The minimum atomic E-state index is -3.89. The van der Waals surface area contributed by atoms with E-state index in [-0.39, 0.29) is 34.8 Å². The fourth-order valence-electron chi connectivity index (χ4n) is 3.90. The van der Waals surface area contributed by atoms with E-state index in [0.29, 0.717) is 17.9 Å². The highest BCUT2D eigenvalue weighted by Gasteiger charge is 2.24. The topological polar surface area (TPSA) is 125 Å². The summed E-state index contributed by atoms with van der Waals surface area (Å²) in [7, 11) is -0.992. The Bertz CT molecular complexity index is 1720. The number of hydrogen-bond donors (Lipinski definition) is 1. The normalized spacial score (nSPS) is 11.2. The third-order valence-electron chi connectivity index (χ3n) is 5.80. The van der Waals surface area contributed by atoms with Crippen LogP contribution >= 0.6 is 0 Å². The summed E-state index contributed by atoms with van der Waals surface area (Å²) in [5.41, 5.74) is 0.892. The molecule has 2 heterocycles. The van der Waals surface area contributed by atoms with Crippen molar-refractivity contribution in [2.75, 3.05) is 24.7 Å². The molecule has 0 aliphatic rings. The lowest BCUT2D eigenvalue weighted by atomic mass is 10.1. The molecule has 0 amide bonds. The lowest BCUT2D eigenvalue weighted by Gasteiger charge is -2.17. The van der Waals surface area contributed by atoms with E-state index >= 15 is 0 Å². The van der Waals surface area contributed by atoms with Gasteiger partial charge in [0.15, 0.2) is 23.1 Å². The van der Waals surface area contributed by atoms with E-state index < -0.39 is 10.0 Å². The van der Waals surface area contributed by atoms with Crippen LogP contribution in [0, 0.1) is 0 Å². The Hall–Kier alpha value is -4.77. The smallest absolute Gasteiger partial charge is 0.263 e. The van der Waals surface area contributed by atoms with Crippen molar-refractivity contribution >= 4 is 26.6 Å². The van der Waals surface area contributed by atoms with Gasteiger partial charge in [0.2, 0.25) is 21.6 Å². The van der Waals surface area contributed by atoms with E-state index in [1.54, 1.807) is 30.3 Å². The lowest BCUT2D eigenvalue weighted by molar-refractivity contribution is 0.348. The number of benzene rings is 3. The van der Waals surface area contributed by atoms with Gasteiger partial charge in [-0.1, -0.05) is 54.6 Å². The van der Waals surface area contributed by atoms with Crippen molar-refractivity contribution in [3.63, 3.8) is 0 Å². The van der Waals surface area contributed by atoms with E-state index in [0.717, 1.165) is 16.3 Å². The number of methoxy groups -OCH3 is 2. The standard InChI is InChI=1S/C28H25N5O5S/c1-36-22-10-5-6-11-23(22)38-24-25(31-27(32-28(24)37-2)26-29-15-7-16-30-26)33-39(34,35)17-14-19-12-13-20-8-3-4-9-21(20)18-19/h3-13,15-16,18H,14,17H2,1-2H3,(H,31,32,33). The fraction of sp³-hybridized carbons (Fsp3) is 0.143. The number of para-hydroxylation sites is 2. The molecule has 0 aliphatic carbocycles. The lowest BCUT2D eigenvalue weighted by Crippen LogP contribution is -2.20. The molecule has 5 rings (SSSR count). The highest BCUT2D eigenvalue weighted by Crippen LogP contribution is 2.40. The van der Waals surface area contributed by atoms with Crippen molar-refractivity contribution in [2.45, 2.75) is 6.42 Å².